The minimum atomic E-state index is -0.655. The van der Waals surface area contributed by atoms with E-state index in [1.807, 2.05) is 13.0 Å². The zero-order chi connectivity index (χ0) is 14.3. The summed E-state index contributed by atoms with van der Waals surface area (Å²) in [4.78, 5) is 11.9. The summed E-state index contributed by atoms with van der Waals surface area (Å²) in [5.41, 5.74) is 6.71. The lowest BCUT2D eigenvalue weighted by Gasteiger charge is -2.17. The Hall–Kier alpha value is -2.06. The van der Waals surface area contributed by atoms with Gasteiger partial charge in [-0.25, -0.2) is 0 Å². The third-order valence-corrected chi connectivity index (χ3v) is 2.91. The van der Waals surface area contributed by atoms with Crippen molar-refractivity contribution in [2.24, 2.45) is 5.73 Å². The molecule has 4 N–H and O–H groups in total. The average molecular weight is 261 g/mol. The summed E-state index contributed by atoms with van der Waals surface area (Å²) in [5.74, 6) is -0.0722. The van der Waals surface area contributed by atoms with Gasteiger partial charge in [0, 0.05) is 6.04 Å². The van der Waals surface area contributed by atoms with Gasteiger partial charge in [0.25, 0.3) is 0 Å². The van der Waals surface area contributed by atoms with Crippen LogP contribution in [0.5, 0.6) is 5.75 Å². The molecule has 0 aromatic heterocycles. The molecule has 1 rings (SSSR count). The Kier molecular flexibility index (Phi) is 5.83. The number of nitrogens with two attached hydrogens (primary N) is 1. The SMILES string of the molecule is CCC(CC#N)NC(=O)C(N)Cc1ccc(O)cc1. The molecule has 2 unspecified atom stereocenters. The summed E-state index contributed by atoms with van der Waals surface area (Å²) in [5, 5.41) is 20.6. The molecule has 0 aliphatic carbocycles. The molecule has 0 spiro atoms. The molecule has 5 nitrogen and oxygen atoms in total. The highest BCUT2D eigenvalue weighted by atomic mass is 16.3. The van der Waals surface area contributed by atoms with E-state index in [4.69, 9.17) is 16.1 Å². The molecule has 0 saturated carbocycles. The first-order chi connectivity index (χ1) is 9.06. The second kappa shape index (κ2) is 7.39. The van der Waals surface area contributed by atoms with Gasteiger partial charge in [0.15, 0.2) is 0 Å². The number of hydrogen-bond donors (Lipinski definition) is 3. The lowest BCUT2D eigenvalue weighted by Crippen LogP contribution is -2.46. The van der Waals surface area contributed by atoms with E-state index in [0.717, 1.165) is 5.56 Å². The molecule has 0 saturated heterocycles. The van der Waals surface area contributed by atoms with Crippen LogP contribution in [0.1, 0.15) is 25.3 Å². The fourth-order valence-corrected chi connectivity index (χ4v) is 1.69. The van der Waals surface area contributed by atoms with Gasteiger partial charge in [-0.2, -0.15) is 5.26 Å². The van der Waals surface area contributed by atoms with Crippen molar-refractivity contribution in [3.05, 3.63) is 29.8 Å². The normalized spacial score (nSPS) is 13.3. The zero-order valence-electron chi connectivity index (χ0n) is 11.0. The molecule has 0 fully saturated rings. The van der Waals surface area contributed by atoms with E-state index in [0.29, 0.717) is 12.8 Å². The molecule has 0 heterocycles. The first kappa shape index (κ1) is 15.0. The molecule has 1 amide bonds. The molecular weight excluding hydrogens is 242 g/mol. The van der Waals surface area contributed by atoms with Crippen molar-refractivity contribution in [3.63, 3.8) is 0 Å². The van der Waals surface area contributed by atoms with E-state index in [1.54, 1.807) is 24.3 Å². The van der Waals surface area contributed by atoms with E-state index in [2.05, 4.69) is 5.32 Å². The van der Waals surface area contributed by atoms with Gasteiger partial charge in [-0.15, -0.1) is 0 Å². The Bertz CT molecular complexity index is 451. The number of carbonyl (C=O) groups is 1. The van der Waals surface area contributed by atoms with Gasteiger partial charge in [-0.1, -0.05) is 19.1 Å². The highest BCUT2D eigenvalue weighted by molar-refractivity contribution is 5.82. The van der Waals surface area contributed by atoms with Crippen molar-refractivity contribution in [1.29, 1.82) is 5.26 Å². The van der Waals surface area contributed by atoms with Crippen molar-refractivity contribution < 1.29 is 9.90 Å². The van der Waals surface area contributed by atoms with Gasteiger partial charge in [0.2, 0.25) is 5.91 Å². The van der Waals surface area contributed by atoms with Gasteiger partial charge < -0.3 is 16.2 Å². The Balaban J connectivity index is 2.53. The van der Waals surface area contributed by atoms with Crippen LogP contribution in [0.2, 0.25) is 0 Å². The fourth-order valence-electron chi connectivity index (χ4n) is 1.69. The third kappa shape index (κ3) is 4.98. The zero-order valence-corrected chi connectivity index (χ0v) is 11.0. The Morgan fingerprint density at radius 1 is 1.47 bits per heavy atom. The van der Waals surface area contributed by atoms with Crippen LogP contribution < -0.4 is 11.1 Å². The van der Waals surface area contributed by atoms with Gasteiger partial charge in [0.1, 0.15) is 5.75 Å². The monoisotopic (exact) mass is 261 g/mol. The number of nitrogens with zero attached hydrogens (tertiary/aromatic N) is 1. The van der Waals surface area contributed by atoms with Gasteiger partial charge in [-0.3, -0.25) is 4.79 Å². The fraction of sp³-hybridized carbons (Fsp3) is 0.429. The summed E-state index contributed by atoms with van der Waals surface area (Å²) in [6.07, 6.45) is 1.38. The molecule has 2 atom stereocenters. The number of benzene rings is 1. The first-order valence-electron chi connectivity index (χ1n) is 6.27. The highest BCUT2D eigenvalue weighted by Crippen LogP contribution is 2.11. The summed E-state index contributed by atoms with van der Waals surface area (Å²) in [6, 6.07) is 7.81. The minimum Gasteiger partial charge on any atom is -0.508 e. The number of carbonyl (C=O) groups excluding carboxylic acids is 1. The van der Waals surface area contributed by atoms with Crippen molar-refractivity contribution >= 4 is 5.91 Å². The van der Waals surface area contributed by atoms with E-state index >= 15 is 0 Å². The number of phenols is 1. The number of phenolic OH excluding ortho intramolecular Hbond substituents is 1. The van der Waals surface area contributed by atoms with Crippen LogP contribution in [-0.4, -0.2) is 23.1 Å². The Labute approximate surface area is 113 Å². The molecular formula is C14H19N3O2. The maximum absolute atomic E-state index is 11.9. The summed E-state index contributed by atoms with van der Waals surface area (Å²) >= 11 is 0. The van der Waals surface area contributed by atoms with Crippen molar-refractivity contribution in [2.45, 2.75) is 38.3 Å². The standard InChI is InChI=1S/C14H19N3O2/c1-2-11(7-8-15)17-14(19)13(16)9-10-3-5-12(18)6-4-10/h3-6,11,13,18H,2,7,9,16H2,1H3,(H,17,19). The van der Waals surface area contributed by atoms with E-state index in [1.165, 1.54) is 0 Å². The number of nitrogens with one attached hydrogen (secondary N) is 1. The van der Waals surface area contributed by atoms with Gasteiger partial charge in [0.05, 0.1) is 18.5 Å². The topological polar surface area (TPSA) is 99.1 Å². The number of amides is 1. The predicted molar refractivity (Wildman–Crippen MR) is 72.2 cm³/mol. The predicted octanol–water partition coefficient (Wildman–Crippen LogP) is 1.07. The van der Waals surface area contributed by atoms with Crippen LogP contribution in [0.3, 0.4) is 0 Å². The van der Waals surface area contributed by atoms with Gasteiger partial charge >= 0.3 is 0 Å². The number of nitriles is 1. The maximum Gasteiger partial charge on any atom is 0.237 e. The summed E-state index contributed by atoms with van der Waals surface area (Å²) in [7, 11) is 0. The lowest BCUT2D eigenvalue weighted by atomic mass is 10.0. The van der Waals surface area contributed by atoms with Crippen LogP contribution >= 0.6 is 0 Å². The van der Waals surface area contributed by atoms with Crippen LogP contribution in [-0.2, 0) is 11.2 Å². The molecule has 1 aromatic rings. The number of aromatic hydroxyl groups is 1. The van der Waals surface area contributed by atoms with Crippen molar-refractivity contribution in [2.75, 3.05) is 0 Å². The molecule has 19 heavy (non-hydrogen) atoms. The number of hydrogen-bond acceptors (Lipinski definition) is 4. The van der Waals surface area contributed by atoms with E-state index < -0.39 is 6.04 Å². The van der Waals surface area contributed by atoms with E-state index in [-0.39, 0.29) is 24.1 Å². The maximum atomic E-state index is 11.9. The first-order valence-corrected chi connectivity index (χ1v) is 6.27. The van der Waals surface area contributed by atoms with Crippen LogP contribution in [0, 0.1) is 11.3 Å². The second-order valence-electron chi connectivity index (χ2n) is 4.45. The van der Waals surface area contributed by atoms with Crippen LogP contribution in [0.15, 0.2) is 24.3 Å². The van der Waals surface area contributed by atoms with Crippen molar-refractivity contribution in [1.82, 2.24) is 5.32 Å². The number of rotatable bonds is 6. The minimum absolute atomic E-state index is 0.150. The molecule has 0 radical (unpaired) electrons. The third-order valence-electron chi connectivity index (χ3n) is 2.91. The largest absolute Gasteiger partial charge is 0.508 e. The lowest BCUT2D eigenvalue weighted by molar-refractivity contribution is -0.123. The van der Waals surface area contributed by atoms with E-state index in [9.17, 15) is 4.79 Å². The Morgan fingerprint density at radius 2 is 2.11 bits per heavy atom. The summed E-state index contributed by atoms with van der Waals surface area (Å²) in [6.45, 7) is 1.91. The smallest absolute Gasteiger partial charge is 0.237 e. The molecule has 0 aliphatic heterocycles. The molecule has 0 aliphatic rings. The second-order valence-corrected chi connectivity index (χ2v) is 4.45. The molecule has 1 aromatic carbocycles. The molecule has 0 bridgehead atoms. The average Bonchev–Trinajstić information content (AvgIpc) is 2.40. The van der Waals surface area contributed by atoms with Gasteiger partial charge in [-0.05, 0) is 30.5 Å². The molecule has 102 valence electrons. The molecule has 5 heteroatoms. The van der Waals surface area contributed by atoms with Crippen molar-refractivity contribution in [3.8, 4) is 11.8 Å². The van der Waals surface area contributed by atoms with Crippen LogP contribution in [0.25, 0.3) is 0 Å². The Morgan fingerprint density at radius 3 is 2.63 bits per heavy atom. The summed E-state index contributed by atoms with van der Waals surface area (Å²) < 4.78 is 0. The quantitative estimate of drug-likeness (QED) is 0.713. The highest BCUT2D eigenvalue weighted by Gasteiger charge is 2.17. The van der Waals surface area contributed by atoms with Crippen LogP contribution in [0.4, 0.5) is 0 Å².